The van der Waals surface area contributed by atoms with Gasteiger partial charge in [0.15, 0.2) is 11.5 Å². The van der Waals surface area contributed by atoms with Gasteiger partial charge in [-0.15, -0.1) is 0 Å². The highest BCUT2D eigenvalue weighted by molar-refractivity contribution is 5.95. The van der Waals surface area contributed by atoms with E-state index in [9.17, 15) is 9.90 Å². The summed E-state index contributed by atoms with van der Waals surface area (Å²) in [6, 6.07) is 10.1. The summed E-state index contributed by atoms with van der Waals surface area (Å²) in [5.41, 5.74) is 7.48. The van der Waals surface area contributed by atoms with Gasteiger partial charge in [-0.3, -0.25) is 4.79 Å². The van der Waals surface area contributed by atoms with Crippen molar-refractivity contribution >= 4 is 17.5 Å². The van der Waals surface area contributed by atoms with Crippen LogP contribution in [0.5, 0.6) is 0 Å². The van der Waals surface area contributed by atoms with Crippen LogP contribution in [-0.2, 0) is 13.0 Å². The quantitative estimate of drug-likeness (QED) is 0.596. The number of aliphatic hydroxyl groups excluding tert-OH is 1. The molecule has 144 valence electrons. The number of anilines is 2. The van der Waals surface area contributed by atoms with Crippen LogP contribution in [-0.4, -0.2) is 33.1 Å². The summed E-state index contributed by atoms with van der Waals surface area (Å²) in [6.07, 6.45) is 3.77. The zero-order valence-corrected chi connectivity index (χ0v) is 15.6. The Hall–Kier alpha value is -2.67. The minimum Gasteiger partial charge on any atom is -0.393 e. The fourth-order valence-electron chi connectivity index (χ4n) is 3.32. The molecule has 1 saturated carbocycles. The number of aliphatic hydroxyl groups is 1. The summed E-state index contributed by atoms with van der Waals surface area (Å²) in [5.74, 6) is 0.474. The van der Waals surface area contributed by atoms with Gasteiger partial charge in [0.25, 0.3) is 5.91 Å². The number of amides is 1. The van der Waals surface area contributed by atoms with E-state index in [1.54, 1.807) is 0 Å². The number of hydrogen-bond donors (Lipinski definition) is 4. The molecule has 0 radical (unpaired) electrons. The molecule has 1 heterocycles. The first-order chi connectivity index (χ1) is 13.1. The zero-order valence-electron chi connectivity index (χ0n) is 15.6. The summed E-state index contributed by atoms with van der Waals surface area (Å²) in [4.78, 5) is 21.0. The topological polar surface area (TPSA) is 113 Å². The second-order valence-electron chi connectivity index (χ2n) is 6.92. The predicted molar refractivity (Wildman–Crippen MR) is 106 cm³/mol. The Balaban J connectivity index is 1.82. The molecular formula is C20H27N5O2. The number of nitrogens with two attached hydrogens (primary N) is 1. The standard InChI is InChI=1S/C20H27N5O2/c1-2-16-19(23-14-8-10-15(26)11-9-14)25-20(17(24-16)18(21)27)22-12-13-6-4-3-5-7-13/h3-7,14-15,26H,2,8-12H2,1H3,(H2,21,27)(H2,22,23,25). The van der Waals surface area contributed by atoms with E-state index in [1.165, 1.54) is 0 Å². The van der Waals surface area contributed by atoms with Gasteiger partial charge in [0.2, 0.25) is 0 Å². The average Bonchev–Trinajstić information content (AvgIpc) is 2.68. The number of primary amides is 1. The van der Waals surface area contributed by atoms with E-state index in [0.29, 0.717) is 24.6 Å². The molecule has 1 aromatic carbocycles. The van der Waals surface area contributed by atoms with Gasteiger partial charge in [-0.25, -0.2) is 9.97 Å². The monoisotopic (exact) mass is 369 g/mol. The Labute approximate surface area is 159 Å². The first-order valence-electron chi connectivity index (χ1n) is 9.50. The average molecular weight is 369 g/mol. The molecule has 0 saturated heterocycles. The molecule has 0 spiro atoms. The summed E-state index contributed by atoms with van der Waals surface area (Å²) in [7, 11) is 0. The number of carbonyl (C=O) groups excluding carboxylic acids is 1. The molecule has 1 aliphatic rings. The molecule has 1 fully saturated rings. The smallest absolute Gasteiger partial charge is 0.271 e. The van der Waals surface area contributed by atoms with Crippen molar-refractivity contribution in [2.24, 2.45) is 5.73 Å². The van der Waals surface area contributed by atoms with Crippen molar-refractivity contribution in [3.63, 3.8) is 0 Å². The number of nitrogens with one attached hydrogen (secondary N) is 2. The van der Waals surface area contributed by atoms with Crippen LogP contribution in [0.2, 0.25) is 0 Å². The molecule has 0 unspecified atom stereocenters. The molecule has 1 aromatic heterocycles. The fourth-order valence-corrected chi connectivity index (χ4v) is 3.32. The van der Waals surface area contributed by atoms with Gasteiger partial charge in [0, 0.05) is 12.6 Å². The van der Waals surface area contributed by atoms with Gasteiger partial charge in [0.05, 0.1) is 11.8 Å². The van der Waals surface area contributed by atoms with Crippen LogP contribution in [0.1, 0.15) is 54.4 Å². The van der Waals surface area contributed by atoms with Crippen LogP contribution in [0.3, 0.4) is 0 Å². The highest BCUT2D eigenvalue weighted by atomic mass is 16.3. The molecule has 0 bridgehead atoms. The van der Waals surface area contributed by atoms with Crippen molar-refractivity contribution in [2.45, 2.75) is 57.7 Å². The lowest BCUT2D eigenvalue weighted by molar-refractivity contribution is 0.0995. The van der Waals surface area contributed by atoms with Crippen molar-refractivity contribution in [3.05, 3.63) is 47.3 Å². The number of nitrogens with zero attached hydrogens (tertiary/aromatic N) is 2. The number of benzene rings is 1. The van der Waals surface area contributed by atoms with E-state index < -0.39 is 5.91 Å². The Morgan fingerprint density at radius 1 is 1.15 bits per heavy atom. The van der Waals surface area contributed by atoms with Crippen LogP contribution in [0.25, 0.3) is 0 Å². The van der Waals surface area contributed by atoms with Crippen molar-refractivity contribution in [1.29, 1.82) is 0 Å². The number of aryl methyl sites for hydroxylation is 1. The van der Waals surface area contributed by atoms with Crippen LogP contribution in [0.15, 0.2) is 30.3 Å². The highest BCUT2D eigenvalue weighted by Gasteiger charge is 2.22. The van der Waals surface area contributed by atoms with Gasteiger partial charge < -0.3 is 21.5 Å². The van der Waals surface area contributed by atoms with Crippen molar-refractivity contribution in [2.75, 3.05) is 10.6 Å². The Morgan fingerprint density at radius 3 is 2.48 bits per heavy atom. The van der Waals surface area contributed by atoms with Crippen molar-refractivity contribution in [3.8, 4) is 0 Å². The molecule has 0 aliphatic heterocycles. The van der Waals surface area contributed by atoms with Gasteiger partial charge in [-0.05, 0) is 37.7 Å². The van der Waals surface area contributed by atoms with E-state index >= 15 is 0 Å². The van der Waals surface area contributed by atoms with E-state index in [0.717, 1.165) is 36.9 Å². The summed E-state index contributed by atoms with van der Waals surface area (Å²) in [6.45, 7) is 2.50. The summed E-state index contributed by atoms with van der Waals surface area (Å²) >= 11 is 0. The fraction of sp³-hybridized carbons (Fsp3) is 0.450. The van der Waals surface area contributed by atoms with Gasteiger partial charge in [-0.1, -0.05) is 37.3 Å². The number of hydrogen-bond acceptors (Lipinski definition) is 6. The Kier molecular flexibility index (Phi) is 6.24. The first kappa shape index (κ1) is 19.1. The van der Waals surface area contributed by atoms with Gasteiger partial charge in [0.1, 0.15) is 5.82 Å². The first-order valence-corrected chi connectivity index (χ1v) is 9.50. The van der Waals surface area contributed by atoms with E-state index in [2.05, 4.69) is 20.6 Å². The van der Waals surface area contributed by atoms with E-state index in [1.807, 2.05) is 37.3 Å². The molecular weight excluding hydrogens is 342 g/mol. The second kappa shape index (κ2) is 8.81. The van der Waals surface area contributed by atoms with Crippen molar-refractivity contribution < 1.29 is 9.90 Å². The SMILES string of the molecule is CCc1nc(C(N)=O)c(NCc2ccccc2)nc1NC1CCC(O)CC1. The van der Waals surface area contributed by atoms with Crippen LogP contribution < -0.4 is 16.4 Å². The van der Waals surface area contributed by atoms with Gasteiger partial charge >= 0.3 is 0 Å². The minimum absolute atomic E-state index is 0.160. The number of carbonyl (C=O) groups is 1. The maximum atomic E-state index is 11.9. The van der Waals surface area contributed by atoms with Gasteiger partial charge in [-0.2, -0.15) is 0 Å². The van der Waals surface area contributed by atoms with E-state index in [4.69, 9.17) is 5.73 Å². The van der Waals surface area contributed by atoms with E-state index in [-0.39, 0.29) is 17.8 Å². The molecule has 27 heavy (non-hydrogen) atoms. The Bertz CT molecular complexity index is 773. The third-order valence-electron chi connectivity index (χ3n) is 4.88. The largest absolute Gasteiger partial charge is 0.393 e. The molecule has 7 heteroatoms. The number of aromatic nitrogens is 2. The molecule has 2 aromatic rings. The zero-order chi connectivity index (χ0) is 19.2. The third kappa shape index (κ3) is 4.95. The normalized spacial score (nSPS) is 19.5. The second-order valence-corrected chi connectivity index (χ2v) is 6.92. The molecule has 3 rings (SSSR count). The van der Waals surface area contributed by atoms with Crippen LogP contribution in [0.4, 0.5) is 11.6 Å². The maximum absolute atomic E-state index is 11.9. The van der Waals surface area contributed by atoms with Crippen molar-refractivity contribution in [1.82, 2.24) is 9.97 Å². The number of rotatable bonds is 7. The predicted octanol–water partition coefficient (Wildman–Crippen LogP) is 2.47. The lowest BCUT2D eigenvalue weighted by Crippen LogP contribution is -2.29. The molecule has 5 N–H and O–H groups in total. The Morgan fingerprint density at radius 2 is 1.85 bits per heavy atom. The summed E-state index contributed by atoms with van der Waals surface area (Å²) < 4.78 is 0. The minimum atomic E-state index is -0.597. The lowest BCUT2D eigenvalue weighted by atomic mass is 9.93. The highest BCUT2D eigenvalue weighted by Crippen LogP contribution is 2.25. The van der Waals surface area contributed by atoms with Crippen LogP contribution in [0, 0.1) is 0 Å². The molecule has 7 nitrogen and oxygen atoms in total. The maximum Gasteiger partial charge on any atom is 0.271 e. The lowest BCUT2D eigenvalue weighted by Gasteiger charge is -2.27. The third-order valence-corrected chi connectivity index (χ3v) is 4.88. The molecule has 1 amide bonds. The molecule has 1 aliphatic carbocycles. The summed E-state index contributed by atoms with van der Waals surface area (Å²) in [5, 5.41) is 16.3. The van der Waals surface area contributed by atoms with Crippen LogP contribution >= 0.6 is 0 Å². The molecule has 0 atom stereocenters.